The molecule has 2 N–H and O–H groups in total. The molecule has 0 aliphatic rings. The number of nitrogens with zero attached hydrogens (tertiary/aromatic N) is 2. The average molecular weight is 301 g/mol. The predicted molar refractivity (Wildman–Crippen MR) is 83.0 cm³/mol. The second-order valence-corrected chi connectivity index (χ2v) is 5.34. The van der Waals surface area contributed by atoms with Crippen LogP contribution in [0, 0.1) is 0 Å². The normalized spacial score (nSPS) is 10.7. The molecule has 0 saturated carbocycles. The maximum absolute atomic E-state index is 11.9. The number of hydrogen-bond acceptors (Lipinski definition) is 3. The van der Waals surface area contributed by atoms with Crippen LogP contribution in [0.1, 0.15) is 42.2 Å². The molecule has 0 saturated heterocycles. The quantitative estimate of drug-likeness (QED) is 0.859. The highest BCUT2D eigenvalue weighted by molar-refractivity contribution is 5.90. The Morgan fingerprint density at radius 3 is 2.45 bits per heavy atom. The van der Waals surface area contributed by atoms with Crippen molar-refractivity contribution < 1.29 is 14.7 Å². The second-order valence-electron chi connectivity index (χ2n) is 5.34. The number of carboxylic acid groups (broad SMARTS) is 1. The summed E-state index contributed by atoms with van der Waals surface area (Å²) >= 11 is 0. The molecule has 0 unspecified atom stereocenters. The fourth-order valence-corrected chi connectivity index (χ4v) is 1.99. The molecule has 0 radical (unpaired) electrons. The molecule has 0 aliphatic heterocycles. The van der Waals surface area contributed by atoms with Crippen LogP contribution >= 0.6 is 0 Å². The van der Waals surface area contributed by atoms with Gasteiger partial charge >= 0.3 is 5.97 Å². The van der Waals surface area contributed by atoms with Gasteiger partial charge in [-0.25, -0.2) is 4.79 Å². The molecule has 1 amide bonds. The van der Waals surface area contributed by atoms with Crippen LogP contribution in [0.25, 0.3) is 0 Å². The van der Waals surface area contributed by atoms with Gasteiger partial charge in [0.05, 0.1) is 0 Å². The van der Waals surface area contributed by atoms with E-state index >= 15 is 0 Å². The summed E-state index contributed by atoms with van der Waals surface area (Å²) in [5.74, 6) is -0.758. The molecule has 0 spiro atoms. The van der Waals surface area contributed by atoms with Crippen LogP contribution in [0.5, 0.6) is 0 Å². The van der Waals surface area contributed by atoms with Crippen molar-refractivity contribution in [1.29, 1.82) is 0 Å². The van der Waals surface area contributed by atoms with E-state index in [1.165, 1.54) is 16.3 Å². The predicted octanol–water partition coefficient (Wildman–Crippen LogP) is 2.73. The number of amides is 1. The van der Waals surface area contributed by atoms with E-state index in [4.69, 9.17) is 5.11 Å². The minimum absolute atomic E-state index is 0.0234. The van der Waals surface area contributed by atoms with Crippen molar-refractivity contribution in [2.45, 2.75) is 32.7 Å². The summed E-state index contributed by atoms with van der Waals surface area (Å²) < 4.78 is 1.45. The number of aryl methyl sites for hydroxylation is 1. The van der Waals surface area contributed by atoms with Gasteiger partial charge in [-0.05, 0) is 29.7 Å². The standard InChI is InChI=1S/C16H19N3O3/c1-11(2)12-3-5-13(6-4-12)17-15(20)8-10-19-9-7-14(18-19)16(21)22/h3-7,9,11H,8,10H2,1-2H3,(H,17,20)(H,21,22). The van der Waals surface area contributed by atoms with E-state index in [0.29, 0.717) is 12.5 Å². The van der Waals surface area contributed by atoms with E-state index in [9.17, 15) is 9.59 Å². The molecule has 0 bridgehead atoms. The molecule has 0 fully saturated rings. The third kappa shape index (κ3) is 4.18. The second kappa shape index (κ2) is 6.89. The Balaban J connectivity index is 1.85. The lowest BCUT2D eigenvalue weighted by Gasteiger charge is -2.08. The number of anilines is 1. The smallest absolute Gasteiger partial charge is 0.356 e. The van der Waals surface area contributed by atoms with Crippen molar-refractivity contribution in [2.24, 2.45) is 0 Å². The van der Waals surface area contributed by atoms with Gasteiger partial charge in [-0.1, -0.05) is 26.0 Å². The number of benzene rings is 1. The summed E-state index contributed by atoms with van der Waals surface area (Å²) in [5.41, 5.74) is 1.95. The summed E-state index contributed by atoms with van der Waals surface area (Å²) in [4.78, 5) is 22.6. The Morgan fingerprint density at radius 1 is 1.23 bits per heavy atom. The Hall–Kier alpha value is -2.63. The minimum Gasteiger partial charge on any atom is -0.476 e. The van der Waals surface area contributed by atoms with Gasteiger partial charge < -0.3 is 10.4 Å². The van der Waals surface area contributed by atoms with E-state index in [1.807, 2.05) is 24.3 Å². The van der Waals surface area contributed by atoms with Gasteiger partial charge in [0.25, 0.3) is 0 Å². The molecule has 0 atom stereocenters. The monoisotopic (exact) mass is 301 g/mol. The lowest BCUT2D eigenvalue weighted by atomic mass is 10.0. The molecule has 2 aromatic rings. The van der Waals surface area contributed by atoms with Crippen molar-refractivity contribution in [2.75, 3.05) is 5.32 Å². The molecule has 1 aromatic carbocycles. The highest BCUT2D eigenvalue weighted by Crippen LogP contribution is 2.17. The van der Waals surface area contributed by atoms with Crippen molar-refractivity contribution >= 4 is 17.6 Å². The first-order valence-electron chi connectivity index (χ1n) is 7.12. The molecule has 1 aromatic heterocycles. The van der Waals surface area contributed by atoms with E-state index in [-0.39, 0.29) is 18.0 Å². The third-order valence-corrected chi connectivity index (χ3v) is 3.29. The van der Waals surface area contributed by atoms with Gasteiger partial charge in [-0.3, -0.25) is 9.48 Å². The molecule has 0 aliphatic carbocycles. The molecular weight excluding hydrogens is 282 g/mol. The van der Waals surface area contributed by atoms with E-state index in [0.717, 1.165) is 5.69 Å². The van der Waals surface area contributed by atoms with Gasteiger partial charge in [0, 0.05) is 24.8 Å². The number of carbonyl (C=O) groups excluding carboxylic acids is 1. The molecule has 1 heterocycles. The van der Waals surface area contributed by atoms with Crippen LogP contribution in [-0.4, -0.2) is 26.8 Å². The van der Waals surface area contributed by atoms with Crippen molar-refractivity contribution in [3.63, 3.8) is 0 Å². The topological polar surface area (TPSA) is 84.2 Å². The largest absolute Gasteiger partial charge is 0.476 e. The fourth-order valence-electron chi connectivity index (χ4n) is 1.99. The zero-order chi connectivity index (χ0) is 16.1. The Labute approximate surface area is 128 Å². The van der Waals surface area contributed by atoms with Crippen molar-refractivity contribution in [3.8, 4) is 0 Å². The number of aromatic nitrogens is 2. The Kier molecular flexibility index (Phi) is 4.93. The lowest BCUT2D eigenvalue weighted by Crippen LogP contribution is -2.15. The van der Waals surface area contributed by atoms with Crippen LogP contribution in [0.3, 0.4) is 0 Å². The van der Waals surface area contributed by atoms with Crippen LogP contribution in [0.2, 0.25) is 0 Å². The number of carbonyl (C=O) groups is 2. The number of nitrogens with one attached hydrogen (secondary N) is 1. The van der Waals surface area contributed by atoms with Gasteiger partial charge in [0.1, 0.15) is 0 Å². The summed E-state index contributed by atoms with van der Waals surface area (Å²) in [5, 5.41) is 15.4. The molecular formula is C16H19N3O3. The molecule has 116 valence electrons. The number of aromatic carboxylic acids is 1. The SMILES string of the molecule is CC(C)c1ccc(NC(=O)CCn2ccc(C(=O)O)n2)cc1. The zero-order valence-electron chi connectivity index (χ0n) is 12.6. The highest BCUT2D eigenvalue weighted by atomic mass is 16.4. The summed E-state index contributed by atoms with van der Waals surface area (Å²) in [7, 11) is 0. The molecule has 6 nitrogen and oxygen atoms in total. The number of hydrogen-bond donors (Lipinski definition) is 2. The summed E-state index contributed by atoms with van der Waals surface area (Å²) in [6.45, 7) is 4.56. The summed E-state index contributed by atoms with van der Waals surface area (Å²) in [6.07, 6.45) is 1.78. The first-order valence-corrected chi connectivity index (χ1v) is 7.12. The molecule has 22 heavy (non-hydrogen) atoms. The first-order chi connectivity index (χ1) is 10.5. The average Bonchev–Trinajstić information content (AvgIpc) is 2.95. The first kappa shape index (κ1) is 15.8. The summed E-state index contributed by atoms with van der Waals surface area (Å²) in [6, 6.07) is 9.15. The third-order valence-electron chi connectivity index (χ3n) is 3.29. The van der Waals surface area contributed by atoms with Crippen LogP contribution in [0.15, 0.2) is 36.5 Å². The van der Waals surface area contributed by atoms with E-state index < -0.39 is 5.97 Å². The molecule has 6 heteroatoms. The maximum Gasteiger partial charge on any atom is 0.356 e. The van der Waals surface area contributed by atoms with Crippen LogP contribution in [0.4, 0.5) is 5.69 Å². The Morgan fingerprint density at radius 2 is 1.91 bits per heavy atom. The van der Waals surface area contributed by atoms with Crippen molar-refractivity contribution in [3.05, 3.63) is 47.8 Å². The number of rotatable bonds is 6. The Bertz CT molecular complexity index is 660. The van der Waals surface area contributed by atoms with Crippen LogP contribution in [-0.2, 0) is 11.3 Å². The lowest BCUT2D eigenvalue weighted by molar-refractivity contribution is -0.116. The molecule has 2 rings (SSSR count). The zero-order valence-corrected chi connectivity index (χ0v) is 12.6. The van der Waals surface area contributed by atoms with Gasteiger partial charge in [-0.15, -0.1) is 0 Å². The van der Waals surface area contributed by atoms with E-state index in [1.54, 1.807) is 6.20 Å². The van der Waals surface area contributed by atoms with Crippen LogP contribution < -0.4 is 5.32 Å². The van der Waals surface area contributed by atoms with Crippen molar-refractivity contribution in [1.82, 2.24) is 9.78 Å². The maximum atomic E-state index is 11.9. The number of carboxylic acids is 1. The van der Waals surface area contributed by atoms with E-state index in [2.05, 4.69) is 24.3 Å². The highest BCUT2D eigenvalue weighted by Gasteiger charge is 2.08. The minimum atomic E-state index is -1.08. The van der Waals surface area contributed by atoms with Gasteiger partial charge in [0.2, 0.25) is 5.91 Å². The van der Waals surface area contributed by atoms with Gasteiger partial charge in [-0.2, -0.15) is 5.10 Å². The van der Waals surface area contributed by atoms with Gasteiger partial charge in [0.15, 0.2) is 5.69 Å². The fraction of sp³-hybridized carbons (Fsp3) is 0.312.